The average molecular weight is 1030 g/mol. The summed E-state index contributed by atoms with van der Waals surface area (Å²) in [6.07, 6.45) is 6.99. The molecular formula is C55H68N8O8S2. The van der Waals surface area contributed by atoms with Gasteiger partial charge in [-0.05, 0) is 119 Å². The highest BCUT2D eigenvalue weighted by atomic mass is 33.1. The molecule has 18 heteroatoms. The van der Waals surface area contributed by atoms with Gasteiger partial charge in [0, 0.05) is 78.9 Å². The lowest BCUT2D eigenvalue weighted by Gasteiger charge is -2.31. The van der Waals surface area contributed by atoms with Crippen LogP contribution < -0.4 is 40.5 Å². The van der Waals surface area contributed by atoms with E-state index in [1.807, 2.05) is 74.8 Å². The van der Waals surface area contributed by atoms with E-state index >= 15 is 0 Å². The van der Waals surface area contributed by atoms with Crippen molar-refractivity contribution in [1.82, 2.24) is 16.0 Å². The first-order valence-corrected chi connectivity index (χ1v) is 27.2. The molecule has 3 heterocycles. The summed E-state index contributed by atoms with van der Waals surface area (Å²) < 4.78 is 18.6. The number of hydrogen-bond donors (Lipinski definition) is 4. The molecule has 1 unspecified atom stereocenters. The van der Waals surface area contributed by atoms with Crippen LogP contribution in [0, 0.1) is 0 Å². The molecule has 4 N–H and O–H groups in total. The van der Waals surface area contributed by atoms with Gasteiger partial charge in [0.25, 0.3) is 5.91 Å². The molecule has 0 saturated carbocycles. The number of aliphatic imine (C=N–C) groups is 2. The van der Waals surface area contributed by atoms with Crippen LogP contribution in [0.1, 0.15) is 99.8 Å². The summed E-state index contributed by atoms with van der Waals surface area (Å²) in [7, 11) is 6.50. The quantitative estimate of drug-likeness (QED) is 0.0300. The van der Waals surface area contributed by atoms with Crippen molar-refractivity contribution in [3.63, 3.8) is 0 Å². The van der Waals surface area contributed by atoms with Crippen molar-refractivity contribution in [3.8, 4) is 11.5 Å². The molecule has 7 rings (SSSR count). The Morgan fingerprint density at radius 3 is 2.29 bits per heavy atom. The van der Waals surface area contributed by atoms with Crippen molar-refractivity contribution < 1.29 is 38.2 Å². The van der Waals surface area contributed by atoms with Gasteiger partial charge in [-0.25, -0.2) is 0 Å². The van der Waals surface area contributed by atoms with E-state index in [4.69, 9.17) is 19.2 Å². The van der Waals surface area contributed by atoms with Gasteiger partial charge in [0.2, 0.25) is 23.6 Å². The van der Waals surface area contributed by atoms with Gasteiger partial charge in [-0.2, -0.15) is 0 Å². The Hall–Kier alpha value is -6.37. The van der Waals surface area contributed by atoms with Crippen LogP contribution in [0.15, 0.2) is 88.8 Å². The highest BCUT2D eigenvalue weighted by Gasteiger charge is 2.37. The Kier molecular flexibility index (Phi) is 18.7. The van der Waals surface area contributed by atoms with Crippen molar-refractivity contribution in [2.75, 3.05) is 41.6 Å². The van der Waals surface area contributed by atoms with E-state index in [0.717, 1.165) is 41.1 Å². The van der Waals surface area contributed by atoms with E-state index in [1.165, 1.54) is 12.7 Å². The second-order valence-corrected chi connectivity index (χ2v) is 22.1. The maximum Gasteiger partial charge on any atom is 0.261 e. The van der Waals surface area contributed by atoms with Crippen molar-refractivity contribution in [3.05, 3.63) is 107 Å². The highest BCUT2D eigenvalue weighted by molar-refractivity contribution is 8.77. The Morgan fingerprint density at radius 1 is 0.863 bits per heavy atom. The Labute approximate surface area is 436 Å². The molecular weight excluding hydrogens is 965 g/mol. The molecule has 0 bridgehead atoms. The molecule has 0 radical (unpaired) electrons. The van der Waals surface area contributed by atoms with Crippen LogP contribution in [0.4, 0.5) is 22.7 Å². The van der Waals surface area contributed by atoms with Gasteiger partial charge in [0.1, 0.15) is 24.9 Å². The lowest BCUT2D eigenvalue weighted by Crippen LogP contribution is -2.50. The molecule has 3 aliphatic heterocycles. The number of anilines is 3. The first kappa shape index (κ1) is 54.4. The Balaban J connectivity index is 1.02. The summed E-state index contributed by atoms with van der Waals surface area (Å²) in [5.74, 6) is 0.168. The Bertz CT molecular complexity index is 2710. The van der Waals surface area contributed by atoms with Crippen molar-refractivity contribution >= 4 is 86.3 Å². The van der Waals surface area contributed by atoms with Gasteiger partial charge in [-0.3, -0.25) is 38.9 Å². The molecule has 0 aromatic heterocycles. The molecule has 0 aliphatic carbocycles. The normalized spacial score (nSPS) is 16.9. The molecule has 0 spiro atoms. The number of nitrogens with one attached hydrogen (secondary N) is 4. The third-order valence-corrected chi connectivity index (χ3v) is 16.3. The lowest BCUT2D eigenvalue weighted by molar-refractivity contribution is -0.130. The van der Waals surface area contributed by atoms with Crippen molar-refractivity contribution in [1.29, 1.82) is 0 Å². The summed E-state index contributed by atoms with van der Waals surface area (Å²) in [4.78, 5) is 79.0. The first-order valence-electron chi connectivity index (χ1n) is 24.9. The summed E-state index contributed by atoms with van der Waals surface area (Å²) in [5, 5.41) is 11.1. The van der Waals surface area contributed by atoms with Gasteiger partial charge >= 0.3 is 0 Å². The number of carbonyl (C=O) groups excluding carboxylic acids is 5. The largest absolute Gasteiger partial charge is 0.493 e. The molecule has 16 nitrogen and oxygen atoms in total. The van der Waals surface area contributed by atoms with Gasteiger partial charge in [-0.15, -0.1) is 0 Å². The van der Waals surface area contributed by atoms with Crippen LogP contribution in [-0.4, -0.2) is 104 Å². The maximum atomic E-state index is 14.1. The number of nitrogens with zero attached hydrogens (tertiary/aromatic N) is 4. The fraction of sp³-hybridized carbons (Fsp3) is 0.436. The minimum Gasteiger partial charge on any atom is -0.493 e. The summed E-state index contributed by atoms with van der Waals surface area (Å²) in [6.45, 7) is 12.2. The number of para-hydroxylation sites is 2. The predicted molar refractivity (Wildman–Crippen MR) is 293 cm³/mol. The third-order valence-electron chi connectivity index (χ3n) is 12.9. The van der Waals surface area contributed by atoms with E-state index in [-0.39, 0.29) is 60.4 Å². The smallest absolute Gasteiger partial charge is 0.261 e. The van der Waals surface area contributed by atoms with Gasteiger partial charge in [-0.1, -0.05) is 58.0 Å². The zero-order valence-electron chi connectivity index (χ0n) is 43.0. The topological polar surface area (TPSA) is 192 Å². The summed E-state index contributed by atoms with van der Waals surface area (Å²) in [5.41, 5.74) is 7.05. The zero-order chi connectivity index (χ0) is 52.2. The summed E-state index contributed by atoms with van der Waals surface area (Å²) >= 11 is 0. The zero-order valence-corrected chi connectivity index (χ0v) is 44.6. The number of rotatable bonds is 24. The fourth-order valence-corrected chi connectivity index (χ4v) is 11.7. The second kappa shape index (κ2) is 25.0. The number of methoxy groups -OCH3 is 1. The molecule has 0 saturated heterocycles. The van der Waals surface area contributed by atoms with Crippen LogP contribution in [0.3, 0.4) is 0 Å². The number of amides is 5. The molecule has 4 aromatic carbocycles. The van der Waals surface area contributed by atoms with Crippen LogP contribution >= 0.6 is 21.6 Å². The standard InChI is InChI=1S/C55H68N8O8S2/c1-9-57-30-42-26-39-15-10-12-17-46(39)62(42)36(4)70-32-37-23-38(33-71-49-29-45-44(28-48(49)69-8)54(68)63-43(31-58-45)27-40-16-11-13-18-47(40)63)25-41(24-37)61-53(67)35(3)60-52(66)34(2)59-51(65)20-21-55(5,6)73-72-22-14-19-50(64)56-7/h10-13,15-18,23-25,28-31,34-36,42-43H,9,14,19-22,26-27,32-33H2,1-8H3,(H,56,64)(H,59,65)(H,60,66)(H,61,67)/b57-30-/t34-,35-,36?,42-,43-/m0/s1. The molecule has 0 fully saturated rings. The van der Waals surface area contributed by atoms with Crippen molar-refractivity contribution in [2.45, 2.75) is 128 Å². The number of carbonyl (C=O) groups is 5. The van der Waals surface area contributed by atoms with E-state index in [9.17, 15) is 24.0 Å². The number of benzene rings is 4. The lowest BCUT2D eigenvalue weighted by atomic mass is 10.1. The predicted octanol–water partition coefficient (Wildman–Crippen LogP) is 8.36. The van der Waals surface area contributed by atoms with Gasteiger partial charge < -0.3 is 40.4 Å². The van der Waals surface area contributed by atoms with E-state index in [1.54, 1.807) is 65.6 Å². The molecule has 4 aromatic rings. The SMILES string of the molecule is CC/N=C\[C@@H]1Cc2ccccc2N1C(C)OCc1cc(COc2cc3c(cc2OC)C(=O)N2c4ccccc4C[C@H]2C=N3)cc(NC(=O)[C@H](C)NC(=O)[C@H](C)NC(=O)CCC(C)(C)SSCCCC(=O)NC)c1. The third kappa shape index (κ3) is 14.0. The van der Waals surface area contributed by atoms with E-state index in [2.05, 4.69) is 57.1 Å². The maximum absolute atomic E-state index is 14.1. The van der Waals surface area contributed by atoms with Gasteiger partial charge in [0.05, 0.1) is 37.1 Å². The molecule has 5 amide bonds. The first-order chi connectivity index (χ1) is 35.1. The van der Waals surface area contributed by atoms with Crippen molar-refractivity contribution in [2.24, 2.45) is 9.98 Å². The Morgan fingerprint density at radius 2 is 1.56 bits per heavy atom. The summed E-state index contributed by atoms with van der Waals surface area (Å²) in [6, 6.07) is 23.1. The average Bonchev–Trinajstić information content (AvgIpc) is 3.91. The second-order valence-electron chi connectivity index (χ2n) is 19.0. The molecule has 73 heavy (non-hydrogen) atoms. The molecule has 3 aliphatic rings. The van der Waals surface area contributed by atoms with Crippen LogP contribution in [0.2, 0.25) is 0 Å². The molecule has 388 valence electrons. The van der Waals surface area contributed by atoms with E-state index in [0.29, 0.717) is 59.8 Å². The van der Waals surface area contributed by atoms with Crippen LogP contribution in [0.5, 0.6) is 11.5 Å². The van der Waals surface area contributed by atoms with E-state index < -0.39 is 23.9 Å². The van der Waals surface area contributed by atoms with Crippen LogP contribution in [0.25, 0.3) is 0 Å². The number of ether oxygens (including phenoxy) is 3. The minimum absolute atomic E-state index is 0.0183. The minimum atomic E-state index is -0.962. The fourth-order valence-electron chi connectivity index (χ4n) is 9.01. The number of hydrogen-bond acceptors (Lipinski definition) is 13. The van der Waals surface area contributed by atoms with Gasteiger partial charge in [0.15, 0.2) is 11.5 Å². The highest BCUT2D eigenvalue weighted by Crippen LogP contribution is 2.42. The van der Waals surface area contributed by atoms with Crippen LogP contribution in [-0.2, 0) is 50.0 Å². The monoisotopic (exact) mass is 1030 g/mol. The number of fused-ring (bicyclic) bond motifs is 5. The molecule has 5 atom stereocenters.